The van der Waals surface area contributed by atoms with Crippen LogP contribution in [0, 0.1) is 5.41 Å². The molecule has 0 fully saturated rings. The largest absolute Gasteiger partial charge is 0.322 e. The molecule has 0 atom stereocenters. The Morgan fingerprint density at radius 2 is 1.50 bits per heavy atom. The van der Waals surface area contributed by atoms with Crippen LogP contribution in [0.25, 0.3) is 0 Å². The predicted molar refractivity (Wildman–Crippen MR) is 89.0 cm³/mol. The van der Waals surface area contributed by atoms with Crippen molar-refractivity contribution in [2.75, 3.05) is 5.32 Å². The molecule has 0 aliphatic heterocycles. The van der Waals surface area contributed by atoms with Crippen LogP contribution < -0.4 is 5.32 Å². The fourth-order valence-corrected chi connectivity index (χ4v) is 2.02. The zero-order valence-electron chi connectivity index (χ0n) is 13.2. The highest BCUT2D eigenvalue weighted by molar-refractivity contribution is 6.05. The van der Waals surface area contributed by atoms with Gasteiger partial charge in [-0.25, -0.2) is 0 Å². The van der Waals surface area contributed by atoms with Crippen molar-refractivity contribution < 1.29 is 9.59 Å². The van der Waals surface area contributed by atoms with E-state index in [1.54, 1.807) is 12.1 Å². The average molecular weight is 295 g/mol. The van der Waals surface area contributed by atoms with E-state index in [9.17, 15) is 9.59 Å². The first-order valence-corrected chi connectivity index (χ1v) is 7.35. The Kier molecular flexibility index (Phi) is 4.76. The zero-order chi connectivity index (χ0) is 16.2. The van der Waals surface area contributed by atoms with Crippen molar-refractivity contribution in [1.82, 2.24) is 0 Å². The summed E-state index contributed by atoms with van der Waals surface area (Å²) in [7, 11) is 0. The maximum Gasteiger partial charge on any atom is 0.255 e. The highest BCUT2D eigenvalue weighted by Crippen LogP contribution is 2.22. The first-order valence-electron chi connectivity index (χ1n) is 7.35. The van der Waals surface area contributed by atoms with Gasteiger partial charge >= 0.3 is 0 Å². The van der Waals surface area contributed by atoms with Gasteiger partial charge in [0, 0.05) is 23.1 Å². The van der Waals surface area contributed by atoms with Gasteiger partial charge in [-0.2, -0.15) is 0 Å². The Morgan fingerprint density at radius 1 is 0.909 bits per heavy atom. The number of carbonyl (C=O) groups excluding carboxylic acids is 2. The third-order valence-electron chi connectivity index (χ3n) is 3.49. The van der Waals surface area contributed by atoms with Crippen molar-refractivity contribution in [1.29, 1.82) is 0 Å². The SMILES string of the molecule is CC(C)(C)C(=O)Cc1ccccc1NC(=O)c1ccccc1. The lowest BCUT2D eigenvalue weighted by Gasteiger charge is -2.18. The first-order chi connectivity index (χ1) is 10.4. The van der Waals surface area contributed by atoms with E-state index >= 15 is 0 Å². The Labute approximate surface area is 131 Å². The third kappa shape index (κ3) is 4.04. The number of amides is 1. The smallest absolute Gasteiger partial charge is 0.255 e. The molecule has 2 aromatic carbocycles. The van der Waals surface area contributed by atoms with Crippen LogP contribution in [0.5, 0.6) is 0 Å². The Hall–Kier alpha value is -2.42. The lowest BCUT2D eigenvalue weighted by molar-refractivity contribution is -0.125. The zero-order valence-corrected chi connectivity index (χ0v) is 13.2. The number of ketones is 1. The number of rotatable bonds is 4. The summed E-state index contributed by atoms with van der Waals surface area (Å²) >= 11 is 0. The number of Topliss-reactive ketones (excluding diaryl/α,β-unsaturated/α-hetero) is 1. The van der Waals surface area contributed by atoms with Gasteiger partial charge in [0.05, 0.1) is 0 Å². The molecule has 2 aromatic rings. The number of benzene rings is 2. The minimum Gasteiger partial charge on any atom is -0.322 e. The second-order valence-electron chi connectivity index (χ2n) is 6.33. The highest BCUT2D eigenvalue weighted by Gasteiger charge is 2.22. The van der Waals surface area contributed by atoms with Crippen LogP contribution in [0.2, 0.25) is 0 Å². The topological polar surface area (TPSA) is 46.2 Å². The summed E-state index contributed by atoms with van der Waals surface area (Å²) in [6.07, 6.45) is 0.314. The number of anilines is 1. The van der Waals surface area contributed by atoms with Crippen LogP contribution >= 0.6 is 0 Å². The molecule has 0 saturated heterocycles. The van der Waals surface area contributed by atoms with Crippen molar-refractivity contribution >= 4 is 17.4 Å². The predicted octanol–water partition coefficient (Wildman–Crippen LogP) is 4.10. The molecule has 2 rings (SSSR count). The van der Waals surface area contributed by atoms with Gasteiger partial charge in [0.2, 0.25) is 0 Å². The van der Waals surface area contributed by atoms with E-state index in [-0.39, 0.29) is 11.7 Å². The monoisotopic (exact) mass is 295 g/mol. The van der Waals surface area contributed by atoms with Crippen LogP contribution in [-0.4, -0.2) is 11.7 Å². The van der Waals surface area contributed by atoms with E-state index in [2.05, 4.69) is 5.32 Å². The number of carbonyl (C=O) groups is 2. The molecule has 0 spiro atoms. The van der Waals surface area contributed by atoms with Crippen molar-refractivity contribution in [3.8, 4) is 0 Å². The molecule has 114 valence electrons. The minimum absolute atomic E-state index is 0.147. The van der Waals surface area contributed by atoms with Crippen LogP contribution in [0.3, 0.4) is 0 Å². The molecule has 0 bridgehead atoms. The summed E-state index contributed by atoms with van der Waals surface area (Å²) in [4.78, 5) is 24.5. The molecule has 0 unspecified atom stereocenters. The van der Waals surface area contributed by atoms with Crippen LogP contribution in [0.4, 0.5) is 5.69 Å². The van der Waals surface area contributed by atoms with Gasteiger partial charge in [-0.15, -0.1) is 0 Å². The second-order valence-corrected chi connectivity index (χ2v) is 6.33. The van der Waals surface area contributed by atoms with Gasteiger partial charge in [-0.05, 0) is 23.8 Å². The van der Waals surface area contributed by atoms with Crippen LogP contribution in [0.15, 0.2) is 54.6 Å². The van der Waals surface area contributed by atoms with Crippen molar-refractivity contribution in [2.24, 2.45) is 5.41 Å². The van der Waals surface area contributed by atoms with Gasteiger partial charge in [-0.1, -0.05) is 57.2 Å². The van der Waals surface area contributed by atoms with Crippen LogP contribution in [-0.2, 0) is 11.2 Å². The normalized spacial score (nSPS) is 11.0. The fraction of sp³-hybridized carbons (Fsp3) is 0.263. The van der Waals surface area contributed by atoms with E-state index < -0.39 is 5.41 Å². The third-order valence-corrected chi connectivity index (χ3v) is 3.49. The first kappa shape index (κ1) is 16.0. The second kappa shape index (κ2) is 6.56. The number of para-hydroxylation sites is 1. The summed E-state index contributed by atoms with van der Waals surface area (Å²) in [5, 5.41) is 2.89. The van der Waals surface area contributed by atoms with Crippen molar-refractivity contribution in [3.05, 3.63) is 65.7 Å². The summed E-state index contributed by atoms with van der Waals surface area (Å²) in [5.41, 5.74) is 1.73. The summed E-state index contributed by atoms with van der Waals surface area (Å²) in [6.45, 7) is 5.71. The molecule has 0 radical (unpaired) electrons. The quantitative estimate of drug-likeness (QED) is 0.923. The molecule has 3 nitrogen and oxygen atoms in total. The number of hydrogen-bond donors (Lipinski definition) is 1. The van der Waals surface area contributed by atoms with Crippen LogP contribution in [0.1, 0.15) is 36.7 Å². The molecular weight excluding hydrogens is 274 g/mol. The standard InChI is InChI=1S/C19H21NO2/c1-19(2,3)17(21)13-15-11-7-8-12-16(15)20-18(22)14-9-5-4-6-10-14/h4-12H,13H2,1-3H3,(H,20,22). The van der Waals surface area contributed by atoms with E-state index in [1.165, 1.54) is 0 Å². The number of nitrogens with one attached hydrogen (secondary N) is 1. The molecule has 0 aromatic heterocycles. The van der Waals surface area contributed by atoms with Gasteiger partial charge in [0.1, 0.15) is 5.78 Å². The van der Waals surface area contributed by atoms with Gasteiger partial charge in [0.25, 0.3) is 5.91 Å². The number of hydrogen-bond acceptors (Lipinski definition) is 2. The molecule has 0 aliphatic rings. The van der Waals surface area contributed by atoms with Gasteiger partial charge in [0.15, 0.2) is 0 Å². The average Bonchev–Trinajstić information content (AvgIpc) is 2.49. The summed E-state index contributed by atoms with van der Waals surface area (Å²) < 4.78 is 0. The molecule has 22 heavy (non-hydrogen) atoms. The molecule has 0 heterocycles. The highest BCUT2D eigenvalue weighted by atomic mass is 16.1. The molecule has 3 heteroatoms. The van der Waals surface area contributed by atoms with Gasteiger partial charge in [-0.3, -0.25) is 9.59 Å². The Balaban J connectivity index is 2.19. The summed E-state index contributed by atoms with van der Waals surface area (Å²) in [6, 6.07) is 16.5. The van der Waals surface area contributed by atoms with Crippen molar-refractivity contribution in [3.63, 3.8) is 0 Å². The molecular formula is C19H21NO2. The van der Waals surface area contributed by atoms with E-state index in [0.29, 0.717) is 17.7 Å². The van der Waals surface area contributed by atoms with E-state index in [1.807, 2.05) is 63.2 Å². The maximum absolute atomic E-state index is 12.3. The van der Waals surface area contributed by atoms with Gasteiger partial charge < -0.3 is 5.32 Å². The Bertz CT molecular complexity index is 669. The lowest BCUT2D eigenvalue weighted by atomic mass is 9.87. The van der Waals surface area contributed by atoms with E-state index in [4.69, 9.17) is 0 Å². The Morgan fingerprint density at radius 3 is 2.14 bits per heavy atom. The maximum atomic E-state index is 12.3. The van der Waals surface area contributed by atoms with E-state index in [0.717, 1.165) is 5.56 Å². The lowest BCUT2D eigenvalue weighted by Crippen LogP contribution is -2.23. The molecule has 0 aliphatic carbocycles. The minimum atomic E-state index is -0.392. The molecule has 0 saturated carbocycles. The fourth-order valence-electron chi connectivity index (χ4n) is 2.02. The molecule has 1 N–H and O–H groups in total. The molecule has 1 amide bonds. The summed E-state index contributed by atoms with van der Waals surface area (Å²) in [5.74, 6) is -0.0230. The van der Waals surface area contributed by atoms with Crippen molar-refractivity contribution in [2.45, 2.75) is 27.2 Å².